The van der Waals surface area contributed by atoms with E-state index in [0.29, 0.717) is 12.1 Å². The quantitative estimate of drug-likeness (QED) is 0.808. The Hall–Kier alpha value is -2.17. The Morgan fingerprint density at radius 2 is 1.90 bits per heavy atom. The first-order valence-electron chi connectivity index (χ1n) is 6.46. The second-order valence-corrected chi connectivity index (χ2v) is 4.46. The zero-order valence-electron chi connectivity index (χ0n) is 11.9. The number of allylic oxidation sites excluding steroid dienone is 1. The number of amides is 2. The zero-order chi connectivity index (χ0) is 15.1. The van der Waals surface area contributed by atoms with Crippen molar-refractivity contribution in [1.82, 2.24) is 10.6 Å². The molecule has 108 valence electrons. The van der Waals surface area contributed by atoms with Crippen molar-refractivity contribution in [1.29, 1.82) is 0 Å². The highest BCUT2D eigenvalue weighted by Crippen LogP contribution is 2.13. The Morgan fingerprint density at radius 3 is 2.45 bits per heavy atom. The molecular weight excluding hydrogens is 259 g/mol. The highest BCUT2D eigenvalue weighted by atomic mass is 19.1. The largest absolute Gasteiger partial charge is 0.355 e. The average Bonchev–Trinajstić information content (AvgIpc) is 2.39. The summed E-state index contributed by atoms with van der Waals surface area (Å²) in [5, 5.41) is 5.20. The molecule has 0 unspecified atom stereocenters. The third-order valence-electron chi connectivity index (χ3n) is 2.75. The number of hydrogen-bond acceptors (Lipinski definition) is 2. The summed E-state index contributed by atoms with van der Waals surface area (Å²) < 4.78 is 12.8. The Bertz CT molecular complexity index is 509. The Labute approximate surface area is 118 Å². The summed E-state index contributed by atoms with van der Waals surface area (Å²) in [7, 11) is 0. The maximum Gasteiger partial charge on any atom is 0.244 e. The van der Waals surface area contributed by atoms with Crippen molar-refractivity contribution in [3.8, 4) is 0 Å². The van der Waals surface area contributed by atoms with Gasteiger partial charge in [-0.2, -0.15) is 0 Å². The van der Waals surface area contributed by atoms with Crippen molar-refractivity contribution in [2.75, 3.05) is 6.54 Å². The van der Waals surface area contributed by atoms with Crippen LogP contribution in [0.25, 0.3) is 5.57 Å². The maximum absolute atomic E-state index is 12.8. The average molecular weight is 278 g/mol. The van der Waals surface area contributed by atoms with Crippen molar-refractivity contribution in [2.45, 2.75) is 26.8 Å². The van der Waals surface area contributed by atoms with Crippen LogP contribution in [-0.4, -0.2) is 24.4 Å². The van der Waals surface area contributed by atoms with Crippen LogP contribution in [0.4, 0.5) is 4.39 Å². The summed E-state index contributed by atoms with van der Waals surface area (Å²) in [6.07, 6.45) is 1.39. The molecule has 0 aliphatic carbocycles. The van der Waals surface area contributed by atoms with Gasteiger partial charge in [-0.05, 0) is 44.0 Å². The van der Waals surface area contributed by atoms with E-state index >= 15 is 0 Å². The van der Waals surface area contributed by atoms with Gasteiger partial charge < -0.3 is 10.6 Å². The lowest BCUT2D eigenvalue weighted by molar-refractivity contribution is -0.126. The minimum atomic E-state index is -0.597. The third-order valence-corrected chi connectivity index (χ3v) is 2.75. The number of carbonyl (C=O) groups excluding carboxylic acids is 2. The molecule has 0 radical (unpaired) electrons. The van der Waals surface area contributed by atoms with Gasteiger partial charge in [0.15, 0.2) is 0 Å². The fraction of sp³-hybridized carbons (Fsp3) is 0.333. The molecule has 0 aliphatic heterocycles. The minimum absolute atomic E-state index is 0.228. The third kappa shape index (κ3) is 4.84. The van der Waals surface area contributed by atoms with E-state index in [1.54, 1.807) is 26.0 Å². The molecule has 1 aromatic rings. The van der Waals surface area contributed by atoms with Crippen LogP contribution in [0.2, 0.25) is 0 Å². The topological polar surface area (TPSA) is 58.2 Å². The molecule has 1 atom stereocenters. The number of likely N-dealkylation sites (N-methyl/N-ethyl adjacent to an activating group) is 1. The van der Waals surface area contributed by atoms with E-state index < -0.39 is 6.04 Å². The van der Waals surface area contributed by atoms with E-state index in [-0.39, 0.29) is 17.6 Å². The lowest BCUT2D eigenvalue weighted by Gasteiger charge is -2.12. The van der Waals surface area contributed by atoms with Gasteiger partial charge in [0.05, 0.1) is 0 Å². The number of hydrogen-bond donors (Lipinski definition) is 2. The van der Waals surface area contributed by atoms with Crippen LogP contribution >= 0.6 is 0 Å². The van der Waals surface area contributed by atoms with Gasteiger partial charge >= 0.3 is 0 Å². The summed E-state index contributed by atoms with van der Waals surface area (Å²) in [5.41, 5.74) is 1.46. The van der Waals surface area contributed by atoms with Gasteiger partial charge in [0.1, 0.15) is 11.9 Å². The van der Waals surface area contributed by atoms with E-state index in [1.165, 1.54) is 18.2 Å². The van der Waals surface area contributed by atoms with Crippen molar-refractivity contribution < 1.29 is 14.0 Å². The van der Waals surface area contributed by atoms with Crippen LogP contribution in [0.5, 0.6) is 0 Å². The number of nitrogens with one attached hydrogen (secondary N) is 2. The lowest BCUT2D eigenvalue weighted by Crippen LogP contribution is -2.44. The molecule has 2 N–H and O–H groups in total. The number of rotatable bonds is 5. The predicted octanol–water partition coefficient (Wildman–Crippen LogP) is 1.87. The smallest absolute Gasteiger partial charge is 0.244 e. The van der Waals surface area contributed by atoms with E-state index in [2.05, 4.69) is 10.6 Å². The highest BCUT2D eigenvalue weighted by molar-refractivity contribution is 5.97. The first-order chi connectivity index (χ1) is 9.43. The van der Waals surface area contributed by atoms with Crippen LogP contribution in [0, 0.1) is 5.82 Å². The van der Waals surface area contributed by atoms with E-state index in [0.717, 1.165) is 5.56 Å². The first kappa shape index (κ1) is 15.9. The molecule has 0 fully saturated rings. The molecule has 0 saturated carbocycles. The molecule has 0 aliphatic rings. The summed E-state index contributed by atoms with van der Waals surface area (Å²) in [5.74, 6) is -0.907. The Kier molecular flexibility index (Phi) is 5.90. The van der Waals surface area contributed by atoms with E-state index in [1.807, 2.05) is 6.92 Å². The molecule has 4 nitrogen and oxygen atoms in total. The van der Waals surface area contributed by atoms with E-state index in [9.17, 15) is 14.0 Å². The summed E-state index contributed by atoms with van der Waals surface area (Å²) in [6.45, 7) is 5.70. The molecule has 1 aromatic carbocycles. The predicted molar refractivity (Wildman–Crippen MR) is 76.3 cm³/mol. The van der Waals surface area contributed by atoms with Crippen molar-refractivity contribution in [3.63, 3.8) is 0 Å². The van der Waals surface area contributed by atoms with Crippen LogP contribution in [0.3, 0.4) is 0 Å². The molecule has 1 rings (SSSR count). The van der Waals surface area contributed by atoms with Gasteiger partial charge in [0, 0.05) is 12.6 Å². The highest BCUT2D eigenvalue weighted by Gasteiger charge is 2.13. The van der Waals surface area contributed by atoms with Gasteiger partial charge in [-0.15, -0.1) is 0 Å². The lowest BCUT2D eigenvalue weighted by atomic mass is 10.1. The SMILES string of the molecule is CCNC(=O)[C@H](C)NC(=O)/C=C(/C)c1ccc(F)cc1. The molecule has 0 heterocycles. The fourth-order valence-electron chi connectivity index (χ4n) is 1.64. The zero-order valence-corrected chi connectivity index (χ0v) is 11.9. The van der Waals surface area contributed by atoms with Crippen molar-refractivity contribution in [3.05, 3.63) is 41.7 Å². The number of benzene rings is 1. The molecule has 0 saturated heterocycles. The van der Waals surface area contributed by atoms with Gasteiger partial charge in [0.2, 0.25) is 11.8 Å². The minimum Gasteiger partial charge on any atom is -0.355 e. The molecule has 0 spiro atoms. The van der Waals surface area contributed by atoms with Crippen LogP contribution in [0.15, 0.2) is 30.3 Å². The van der Waals surface area contributed by atoms with Gasteiger partial charge in [0.25, 0.3) is 0 Å². The van der Waals surface area contributed by atoms with Gasteiger partial charge in [-0.3, -0.25) is 9.59 Å². The monoisotopic (exact) mass is 278 g/mol. The first-order valence-corrected chi connectivity index (χ1v) is 6.46. The van der Waals surface area contributed by atoms with Crippen LogP contribution in [0.1, 0.15) is 26.3 Å². The maximum atomic E-state index is 12.8. The van der Waals surface area contributed by atoms with Crippen LogP contribution < -0.4 is 10.6 Å². The molecule has 5 heteroatoms. The normalized spacial score (nSPS) is 12.7. The molecule has 0 bridgehead atoms. The Balaban J connectivity index is 2.66. The molecule has 20 heavy (non-hydrogen) atoms. The molecular formula is C15H19FN2O2. The fourth-order valence-corrected chi connectivity index (χ4v) is 1.64. The Morgan fingerprint density at radius 1 is 1.30 bits per heavy atom. The second kappa shape index (κ2) is 7.43. The summed E-state index contributed by atoms with van der Waals surface area (Å²) in [4.78, 5) is 23.3. The number of halogens is 1. The molecule has 0 aromatic heterocycles. The number of carbonyl (C=O) groups is 2. The van der Waals surface area contributed by atoms with Crippen molar-refractivity contribution in [2.24, 2.45) is 0 Å². The molecule has 2 amide bonds. The van der Waals surface area contributed by atoms with Gasteiger partial charge in [-0.25, -0.2) is 4.39 Å². The second-order valence-electron chi connectivity index (χ2n) is 4.46. The van der Waals surface area contributed by atoms with Crippen LogP contribution in [-0.2, 0) is 9.59 Å². The summed E-state index contributed by atoms with van der Waals surface area (Å²) >= 11 is 0. The van der Waals surface area contributed by atoms with Gasteiger partial charge in [-0.1, -0.05) is 12.1 Å². The van der Waals surface area contributed by atoms with E-state index in [4.69, 9.17) is 0 Å². The van der Waals surface area contributed by atoms with Crippen molar-refractivity contribution >= 4 is 17.4 Å². The summed E-state index contributed by atoms with van der Waals surface area (Å²) in [6, 6.07) is 5.27. The standard InChI is InChI=1S/C15H19FN2O2/c1-4-17-15(20)11(3)18-14(19)9-10(2)12-5-7-13(16)8-6-12/h5-9,11H,4H2,1-3H3,(H,17,20)(H,18,19)/b10-9-/t11-/m0/s1.